The van der Waals surface area contributed by atoms with Gasteiger partial charge >= 0.3 is 0 Å². The highest BCUT2D eigenvalue weighted by atomic mass is 16.7. The molecule has 0 amide bonds. The van der Waals surface area contributed by atoms with Crippen LogP contribution in [-0.4, -0.2) is 125 Å². The summed E-state index contributed by atoms with van der Waals surface area (Å²) in [6.07, 6.45) is -5.21. The van der Waals surface area contributed by atoms with Crippen LogP contribution >= 0.6 is 0 Å². The zero-order valence-corrected chi connectivity index (χ0v) is 31.1. The van der Waals surface area contributed by atoms with Gasteiger partial charge in [-0.15, -0.1) is 0 Å². The normalized spacial score (nSPS) is 63.5. The maximum atomic E-state index is 15.1. The molecule has 12 fully saturated rings. The molecule has 8 aliphatic carbocycles. The Kier molecular flexibility index (Phi) is 6.92. The maximum Gasteiger partial charge on any atom is 0.208 e. The van der Waals surface area contributed by atoms with Crippen molar-refractivity contribution in [1.29, 1.82) is 0 Å². The van der Waals surface area contributed by atoms with Crippen molar-refractivity contribution in [3.05, 3.63) is 0 Å². The minimum absolute atomic E-state index is 0.0558. The maximum absolute atomic E-state index is 15.1. The molecule has 4 aliphatic heterocycles. The number of ether oxygens (including phenoxy) is 2. The van der Waals surface area contributed by atoms with Crippen molar-refractivity contribution in [3.63, 3.8) is 0 Å². The quantitative estimate of drug-likeness (QED) is 0.182. The standard InChI is InChI=1S/C40H58O13/c1-32(2)12-10-22(41)34-15-52-39(50,29(46)24(32)34)37-20(34)7-5-17(26(37)43)18(27(37)44)9-14-36(49)19-6-8-21-35-16-53-40(51,38(21,28(19)45)31(36)48)30(47)25(35)33(3,4)13-11-23(35)42/h17-26,28-30,41-43,45-47,49-51H,5-16H2,1-4H3/t17-,18+,19+,20-,21-,22-,23-,24+,25+,26+,28+,29-,30-,34+,35+,36-,37+,38+,39+,40+/m0/s1. The first-order chi connectivity index (χ1) is 24.6. The third-order valence-electron chi connectivity index (χ3n) is 19.1. The predicted molar refractivity (Wildman–Crippen MR) is 181 cm³/mol. The minimum atomic E-state index is -2.53. The molecule has 20 atom stereocenters. The zero-order valence-electron chi connectivity index (χ0n) is 31.1. The molecule has 4 saturated heterocycles. The molecule has 13 heteroatoms. The van der Waals surface area contributed by atoms with Crippen molar-refractivity contribution in [2.45, 2.75) is 146 Å². The average molecular weight is 747 g/mol. The number of aliphatic hydroxyl groups excluding tert-OH is 6. The molecule has 4 heterocycles. The van der Waals surface area contributed by atoms with E-state index in [2.05, 4.69) is 0 Å². The van der Waals surface area contributed by atoms with Crippen LogP contribution in [0.2, 0.25) is 0 Å². The Morgan fingerprint density at radius 3 is 1.66 bits per heavy atom. The van der Waals surface area contributed by atoms with Crippen LogP contribution in [0, 0.1) is 73.9 Å². The summed E-state index contributed by atoms with van der Waals surface area (Å²) in [7, 11) is 0. The van der Waals surface area contributed by atoms with Crippen LogP contribution < -0.4 is 0 Å². The highest BCUT2D eigenvalue weighted by Gasteiger charge is 2.91. The summed E-state index contributed by atoms with van der Waals surface area (Å²) in [5, 5.41) is 109. The largest absolute Gasteiger partial charge is 0.392 e. The zero-order chi connectivity index (χ0) is 38.1. The summed E-state index contributed by atoms with van der Waals surface area (Å²) in [4.78, 5) is 30.2. The second-order valence-electron chi connectivity index (χ2n) is 21.0. The Morgan fingerprint density at radius 1 is 0.623 bits per heavy atom. The van der Waals surface area contributed by atoms with E-state index < -0.39 is 139 Å². The SMILES string of the molecule is CC1(C)CC[C@H](O)[C@]23CO[C@](O)([C@@H](O)[C@H]12)[C@]12C(=O)[C@H](CC[C@@]4(O)C(=O)[C@]56[C@H](O)[C@H]4CC[C@H]5[C@@]45CO[C@]6(O)[C@@H](O)[C@@H]4C(C)(C)CC[C@@H]5O)[C@H](CC[C@@H]31)[C@H]2O. The third-order valence-corrected chi connectivity index (χ3v) is 19.1. The van der Waals surface area contributed by atoms with Gasteiger partial charge in [-0.3, -0.25) is 9.59 Å². The van der Waals surface area contributed by atoms with Gasteiger partial charge in [0.1, 0.15) is 28.6 Å². The first kappa shape index (κ1) is 36.3. The summed E-state index contributed by atoms with van der Waals surface area (Å²) in [5.74, 6) is -11.7. The van der Waals surface area contributed by atoms with E-state index in [0.717, 1.165) is 0 Å². The summed E-state index contributed by atoms with van der Waals surface area (Å²) in [6.45, 7) is 7.78. The molecule has 12 rings (SSSR count). The molecular weight excluding hydrogens is 688 g/mol. The minimum Gasteiger partial charge on any atom is -0.392 e. The van der Waals surface area contributed by atoms with Gasteiger partial charge in [0.15, 0.2) is 11.6 Å². The number of Topliss-reactive ketones (excluding diaryl/α,β-unsaturated/α-hetero) is 2. The van der Waals surface area contributed by atoms with Gasteiger partial charge in [-0.2, -0.15) is 0 Å². The smallest absolute Gasteiger partial charge is 0.208 e. The van der Waals surface area contributed by atoms with Crippen LogP contribution in [0.15, 0.2) is 0 Å². The van der Waals surface area contributed by atoms with Crippen molar-refractivity contribution < 1.29 is 65.0 Å². The molecule has 296 valence electrons. The number of ketones is 2. The predicted octanol–water partition coefficient (Wildman–Crippen LogP) is -0.220. The number of aliphatic hydroxyl groups is 9. The Balaban J connectivity index is 1.01. The van der Waals surface area contributed by atoms with Crippen molar-refractivity contribution in [2.75, 3.05) is 13.2 Å². The number of fused-ring (bicyclic) bond motifs is 4. The van der Waals surface area contributed by atoms with Crippen LogP contribution in [-0.2, 0) is 19.1 Å². The molecule has 13 nitrogen and oxygen atoms in total. The van der Waals surface area contributed by atoms with Crippen molar-refractivity contribution in [3.8, 4) is 0 Å². The fraction of sp³-hybridized carbons (Fsp3) is 0.950. The fourth-order valence-electron chi connectivity index (χ4n) is 17.2. The monoisotopic (exact) mass is 746 g/mol. The van der Waals surface area contributed by atoms with Crippen LogP contribution in [0.5, 0.6) is 0 Å². The summed E-state index contributed by atoms with van der Waals surface area (Å²) in [5.41, 5.74) is -9.55. The average Bonchev–Trinajstić information content (AvgIpc) is 3.25. The molecule has 0 radical (unpaired) electrons. The van der Waals surface area contributed by atoms with Gasteiger partial charge in [-0.05, 0) is 92.8 Å². The van der Waals surface area contributed by atoms with Crippen LogP contribution in [0.1, 0.15) is 91.9 Å². The second-order valence-corrected chi connectivity index (χ2v) is 21.0. The van der Waals surface area contributed by atoms with Gasteiger partial charge in [0.2, 0.25) is 11.6 Å². The molecule has 4 spiro atoms. The molecule has 8 saturated carbocycles. The van der Waals surface area contributed by atoms with Gasteiger partial charge in [0.25, 0.3) is 0 Å². The van der Waals surface area contributed by atoms with E-state index in [1.165, 1.54) is 0 Å². The topological polar surface area (TPSA) is 235 Å². The molecule has 8 bridgehead atoms. The van der Waals surface area contributed by atoms with Crippen LogP contribution in [0.3, 0.4) is 0 Å². The number of rotatable bonds is 3. The summed E-state index contributed by atoms with van der Waals surface area (Å²) < 4.78 is 12.1. The number of hydrogen-bond acceptors (Lipinski definition) is 13. The molecular formula is C40H58O13. The molecule has 0 unspecified atom stereocenters. The number of carbonyl (C=O) groups is 2. The molecule has 9 N–H and O–H groups in total. The van der Waals surface area contributed by atoms with E-state index >= 15 is 9.59 Å². The highest BCUT2D eigenvalue weighted by molar-refractivity contribution is 5.99. The van der Waals surface area contributed by atoms with Crippen molar-refractivity contribution >= 4 is 11.6 Å². The van der Waals surface area contributed by atoms with Crippen molar-refractivity contribution in [2.24, 2.45) is 73.9 Å². The van der Waals surface area contributed by atoms with E-state index in [1.807, 2.05) is 27.7 Å². The van der Waals surface area contributed by atoms with E-state index in [9.17, 15) is 46.0 Å². The Hall–Kier alpha value is -1.10. The van der Waals surface area contributed by atoms with Gasteiger partial charge in [0, 0.05) is 34.5 Å². The third kappa shape index (κ3) is 3.34. The fourth-order valence-corrected chi connectivity index (χ4v) is 17.2. The lowest BCUT2D eigenvalue weighted by Crippen LogP contribution is -2.85. The first-order valence-corrected chi connectivity index (χ1v) is 20.3. The Morgan fingerprint density at radius 2 is 1.11 bits per heavy atom. The van der Waals surface area contributed by atoms with Crippen LogP contribution in [0.4, 0.5) is 0 Å². The van der Waals surface area contributed by atoms with E-state index in [0.29, 0.717) is 44.9 Å². The first-order valence-electron chi connectivity index (χ1n) is 20.3. The lowest BCUT2D eigenvalue weighted by molar-refractivity contribution is -0.458. The highest BCUT2D eigenvalue weighted by Crippen LogP contribution is 2.79. The lowest BCUT2D eigenvalue weighted by atomic mass is 9.35. The van der Waals surface area contributed by atoms with Crippen molar-refractivity contribution in [1.82, 2.24) is 0 Å². The summed E-state index contributed by atoms with van der Waals surface area (Å²) >= 11 is 0. The Bertz CT molecular complexity index is 1670. The van der Waals surface area contributed by atoms with E-state index in [4.69, 9.17) is 9.47 Å². The van der Waals surface area contributed by atoms with Gasteiger partial charge < -0.3 is 55.4 Å². The molecule has 0 aromatic rings. The Labute approximate surface area is 309 Å². The molecule has 53 heavy (non-hydrogen) atoms. The lowest BCUT2D eigenvalue weighted by Gasteiger charge is -2.74. The molecule has 0 aromatic carbocycles. The number of hydrogen-bond donors (Lipinski definition) is 9. The van der Waals surface area contributed by atoms with E-state index in [-0.39, 0.29) is 32.5 Å². The van der Waals surface area contributed by atoms with Gasteiger partial charge in [-0.1, -0.05) is 27.7 Å². The van der Waals surface area contributed by atoms with E-state index in [1.54, 1.807) is 0 Å². The second kappa shape index (κ2) is 10.1. The van der Waals surface area contributed by atoms with Gasteiger partial charge in [-0.25, -0.2) is 0 Å². The molecule has 0 aromatic heterocycles. The summed E-state index contributed by atoms with van der Waals surface area (Å²) in [6, 6.07) is 0. The molecule has 12 aliphatic rings. The van der Waals surface area contributed by atoms with Crippen LogP contribution in [0.25, 0.3) is 0 Å². The number of carbonyl (C=O) groups excluding carboxylic acids is 2. The van der Waals surface area contributed by atoms with Gasteiger partial charge in [0.05, 0.1) is 37.6 Å².